The molecule has 4 heteroatoms. The summed E-state index contributed by atoms with van der Waals surface area (Å²) in [5, 5.41) is 8.83. The number of carbonyl (C=O) groups is 1. The van der Waals surface area contributed by atoms with Crippen molar-refractivity contribution in [3.63, 3.8) is 0 Å². The Balaban J connectivity index is 3.82. The number of rotatable bonds is 8. The molecule has 0 fully saturated rings. The standard InChI is InChI=1S/C11H24N2O2/c1-10(2)13(8-9-14)11(15)6-4-3-5-7-12/h10,14H,3-9,12H2,1-2H3. The van der Waals surface area contributed by atoms with Crippen LogP contribution in [0.4, 0.5) is 0 Å². The van der Waals surface area contributed by atoms with Crippen LogP contribution in [0.15, 0.2) is 0 Å². The molecule has 0 spiro atoms. The smallest absolute Gasteiger partial charge is 0.222 e. The third kappa shape index (κ3) is 6.47. The number of hydrogen-bond acceptors (Lipinski definition) is 3. The highest BCUT2D eigenvalue weighted by atomic mass is 16.3. The number of amides is 1. The van der Waals surface area contributed by atoms with Gasteiger partial charge in [-0.25, -0.2) is 0 Å². The molecule has 0 atom stereocenters. The lowest BCUT2D eigenvalue weighted by Crippen LogP contribution is -2.38. The average molecular weight is 216 g/mol. The highest BCUT2D eigenvalue weighted by Crippen LogP contribution is 2.06. The Bertz CT molecular complexity index is 172. The minimum absolute atomic E-state index is 0.0344. The molecular weight excluding hydrogens is 192 g/mol. The van der Waals surface area contributed by atoms with Crippen LogP contribution in [0.25, 0.3) is 0 Å². The summed E-state index contributed by atoms with van der Waals surface area (Å²) in [5.41, 5.74) is 5.37. The Morgan fingerprint density at radius 2 is 2.00 bits per heavy atom. The van der Waals surface area contributed by atoms with E-state index >= 15 is 0 Å². The second-order valence-electron chi connectivity index (χ2n) is 4.00. The molecule has 0 saturated carbocycles. The number of nitrogens with zero attached hydrogens (tertiary/aromatic N) is 1. The molecule has 0 rings (SSSR count). The van der Waals surface area contributed by atoms with E-state index in [1.807, 2.05) is 13.8 Å². The number of unbranched alkanes of at least 4 members (excludes halogenated alkanes) is 2. The summed E-state index contributed by atoms with van der Waals surface area (Å²) < 4.78 is 0. The van der Waals surface area contributed by atoms with Crippen molar-refractivity contribution < 1.29 is 9.90 Å². The van der Waals surface area contributed by atoms with E-state index in [0.29, 0.717) is 19.5 Å². The number of nitrogens with two attached hydrogens (primary N) is 1. The molecule has 4 nitrogen and oxygen atoms in total. The van der Waals surface area contributed by atoms with Crippen LogP contribution in [0, 0.1) is 0 Å². The van der Waals surface area contributed by atoms with E-state index in [2.05, 4.69) is 0 Å². The van der Waals surface area contributed by atoms with Gasteiger partial charge in [-0.15, -0.1) is 0 Å². The molecule has 0 saturated heterocycles. The lowest BCUT2D eigenvalue weighted by molar-refractivity contribution is -0.133. The Kier molecular flexibility index (Phi) is 8.33. The van der Waals surface area contributed by atoms with Crippen LogP contribution in [-0.4, -0.2) is 41.7 Å². The monoisotopic (exact) mass is 216 g/mol. The van der Waals surface area contributed by atoms with Gasteiger partial charge < -0.3 is 15.7 Å². The van der Waals surface area contributed by atoms with Crippen molar-refractivity contribution in [3.8, 4) is 0 Å². The summed E-state index contributed by atoms with van der Waals surface area (Å²) in [7, 11) is 0. The van der Waals surface area contributed by atoms with E-state index in [9.17, 15) is 4.79 Å². The van der Waals surface area contributed by atoms with E-state index in [1.165, 1.54) is 0 Å². The van der Waals surface area contributed by atoms with Crippen molar-refractivity contribution in [2.24, 2.45) is 5.73 Å². The van der Waals surface area contributed by atoms with Crippen molar-refractivity contribution in [2.45, 2.75) is 45.6 Å². The molecule has 0 aromatic rings. The molecule has 0 aromatic heterocycles. The molecule has 0 radical (unpaired) electrons. The van der Waals surface area contributed by atoms with Crippen molar-refractivity contribution in [1.29, 1.82) is 0 Å². The maximum absolute atomic E-state index is 11.7. The van der Waals surface area contributed by atoms with Gasteiger partial charge in [-0.3, -0.25) is 4.79 Å². The van der Waals surface area contributed by atoms with Gasteiger partial charge in [-0.1, -0.05) is 6.42 Å². The third-order valence-electron chi connectivity index (χ3n) is 2.38. The van der Waals surface area contributed by atoms with Gasteiger partial charge >= 0.3 is 0 Å². The molecule has 0 bridgehead atoms. The fourth-order valence-electron chi connectivity index (χ4n) is 1.52. The average Bonchev–Trinajstić information content (AvgIpc) is 2.20. The molecule has 0 aliphatic carbocycles. The van der Waals surface area contributed by atoms with E-state index in [4.69, 9.17) is 10.8 Å². The van der Waals surface area contributed by atoms with Gasteiger partial charge in [-0.05, 0) is 33.2 Å². The Morgan fingerprint density at radius 3 is 2.47 bits per heavy atom. The van der Waals surface area contributed by atoms with Gasteiger partial charge in [-0.2, -0.15) is 0 Å². The van der Waals surface area contributed by atoms with Crippen molar-refractivity contribution >= 4 is 5.91 Å². The first-order valence-electron chi connectivity index (χ1n) is 5.73. The maximum atomic E-state index is 11.7. The SMILES string of the molecule is CC(C)N(CCO)C(=O)CCCCCN. The molecule has 0 aliphatic heterocycles. The van der Waals surface area contributed by atoms with Gasteiger partial charge in [0.1, 0.15) is 0 Å². The van der Waals surface area contributed by atoms with E-state index in [0.717, 1.165) is 19.3 Å². The van der Waals surface area contributed by atoms with Crippen LogP contribution >= 0.6 is 0 Å². The summed E-state index contributed by atoms with van der Waals surface area (Å²) in [6, 6.07) is 0.166. The van der Waals surface area contributed by atoms with Gasteiger partial charge in [0.05, 0.1) is 6.61 Å². The first kappa shape index (κ1) is 14.4. The van der Waals surface area contributed by atoms with Crippen LogP contribution in [0.3, 0.4) is 0 Å². The summed E-state index contributed by atoms with van der Waals surface area (Å²) in [4.78, 5) is 13.4. The first-order valence-corrected chi connectivity index (χ1v) is 5.73. The van der Waals surface area contributed by atoms with Crippen LogP contribution in [0.1, 0.15) is 39.5 Å². The summed E-state index contributed by atoms with van der Waals surface area (Å²) in [5.74, 6) is 0.135. The number of hydrogen-bond donors (Lipinski definition) is 2. The number of aliphatic hydroxyl groups excluding tert-OH is 1. The minimum atomic E-state index is 0.0344. The van der Waals surface area contributed by atoms with Gasteiger partial charge in [0.15, 0.2) is 0 Å². The maximum Gasteiger partial charge on any atom is 0.222 e. The van der Waals surface area contributed by atoms with Crippen LogP contribution in [0.5, 0.6) is 0 Å². The number of aliphatic hydroxyl groups is 1. The fraction of sp³-hybridized carbons (Fsp3) is 0.909. The second-order valence-corrected chi connectivity index (χ2v) is 4.00. The summed E-state index contributed by atoms with van der Waals surface area (Å²) in [6.45, 7) is 5.10. The molecule has 0 aromatic carbocycles. The fourth-order valence-corrected chi connectivity index (χ4v) is 1.52. The summed E-state index contributed by atoms with van der Waals surface area (Å²) >= 11 is 0. The quantitative estimate of drug-likeness (QED) is 0.588. The zero-order chi connectivity index (χ0) is 11.7. The molecule has 0 aliphatic rings. The largest absolute Gasteiger partial charge is 0.395 e. The number of carbonyl (C=O) groups excluding carboxylic acids is 1. The lowest BCUT2D eigenvalue weighted by Gasteiger charge is -2.25. The van der Waals surface area contributed by atoms with E-state index in [-0.39, 0.29) is 18.6 Å². The highest BCUT2D eigenvalue weighted by molar-refractivity contribution is 5.76. The van der Waals surface area contributed by atoms with Crippen molar-refractivity contribution in [3.05, 3.63) is 0 Å². The van der Waals surface area contributed by atoms with Crippen molar-refractivity contribution in [1.82, 2.24) is 4.90 Å². The molecule has 0 unspecified atom stereocenters. The van der Waals surface area contributed by atoms with Crippen molar-refractivity contribution in [2.75, 3.05) is 19.7 Å². The normalized spacial score (nSPS) is 10.7. The molecule has 1 amide bonds. The Labute approximate surface area is 92.4 Å². The topological polar surface area (TPSA) is 66.6 Å². The second kappa shape index (κ2) is 8.68. The van der Waals surface area contributed by atoms with Crippen LogP contribution < -0.4 is 5.73 Å². The lowest BCUT2D eigenvalue weighted by atomic mass is 10.1. The molecule has 3 N–H and O–H groups in total. The van der Waals surface area contributed by atoms with Gasteiger partial charge in [0.2, 0.25) is 5.91 Å². The Morgan fingerprint density at radius 1 is 1.33 bits per heavy atom. The zero-order valence-electron chi connectivity index (χ0n) is 9.91. The molecule has 15 heavy (non-hydrogen) atoms. The minimum Gasteiger partial charge on any atom is -0.395 e. The van der Waals surface area contributed by atoms with Crippen LogP contribution in [0.2, 0.25) is 0 Å². The van der Waals surface area contributed by atoms with Crippen LogP contribution in [-0.2, 0) is 4.79 Å². The Hall–Kier alpha value is -0.610. The predicted octanol–water partition coefficient (Wildman–Crippen LogP) is 0.735. The molecular formula is C11H24N2O2. The highest BCUT2D eigenvalue weighted by Gasteiger charge is 2.15. The van der Waals surface area contributed by atoms with E-state index in [1.54, 1.807) is 4.90 Å². The molecule has 90 valence electrons. The summed E-state index contributed by atoms with van der Waals surface area (Å²) in [6.07, 6.45) is 3.45. The van der Waals surface area contributed by atoms with Gasteiger partial charge in [0.25, 0.3) is 0 Å². The van der Waals surface area contributed by atoms with E-state index < -0.39 is 0 Å². The van der Waals surface area contributed by atoms with Gasteiger partial charge in [0, 0.05) is 19.0 Å². The first-order chi connectivity index (χ1) is 7.13. The third-order valence-corrected chi connectivity index (χ3v) is 2.38. The zero-order valence-corrected chi connectivity index (χ0v) is 9.91. The predicted molar refractivity (Wildman–Crippen MR) is 61.5 cm³/mol. The molecule has 0 heterocycles.